The second-order valence-electron chi connectivity index (χ2n) is 3.97. The molecule has 6 heteroatoms. The molecular formula is C9H18N2O3S. The van der Waals surface area contributed by atoms with E-state index in [0.29, 0.717) is 12.2 Å². The highest BCUT2D eigenvalue weighted by Gasteiger charge is 2.36. The lowest BCUT2D eigenvalue weighted by Crippen LogP contribution is -2.43. The van der Waals surface area contributed by atoms with Crippen molar-refractivity contribution in [2.45, 2.75) is 43.0 Å². The van der Waals surface area contributed by atoms with Crippen molar-refractivity contribution in [3.8, 4) is 0 Å². The summed E-state index contributed by atoms with van der Waals surface area (Å²) in [5, 5.41) is 8.40. The number of hydrogen-bond acceptors (Lipinski definition) is 4. The SMILES string of the molecule is N[C@H]1[C@@H](N)CS(=O)[C@H]1CCCCC(=O)O. The van der Waals surface area contributed by atoms with Gasteiger partial charge in [0.1, 0.15) is 0 Å². The normalized spacial score (nSPS) is 35.6. The van der Waals surface area contributed by atoms with Gasteiger partial charge in [-0.1, -0.05) is 6.42 Å². The maximum absolute atomic E-state index is 11.6. The molecule has 5 nitrogen and oxygen atoms in total. The average Bonchev–Trinajstić information content (AvgIpc) is 2.37. The second kappa shape index (κ2) is 5.58. The Balaban J connectivity index is 2.26. The maximum Gasteiger partial charge on any atom is 0.303 e. The molecule has 1 saturated heterocycles. The van der Waals surface area contributed by atoms with Crippen LogP contribution in [0.3, 0.4) is 0 Å². The summed E-state index contributed by atoms with van der Waals surface area (Å²) >= 11 is 0. The standard InChI is InChI=1S/C9H18N2O3S/c10-6-5-15(14)7(9(6)11)3-1-2-4-8(12)13/h6-7,9H,1-5,10-11H2,(H,12,13)/t6-,7-,9-,15?/m0/s1. The number of rotatable bonds is 5. The molecule has 1 fully saturated rings. The van der Waals surface area contributed by atoms with Crippen molar-refractivity contribution >= 4 is 16.8 Å². The van der Waals surface area contributed by atoms with Crippen molar-refractivity contribution in [1.82, 2.24) is 0 Å². The molecule has 0 amide bonds. The van der Waals surface area contributed by atoms with Crippen LogP contribution in [-0.2, 0) is 15.6 Å². The van der Waals surface area contributed by atoms with E-state index in [9.17, 15) is 9.00 Å². The van der Waals surface area contributed by atoms with E-state index in [1.165, 1.54) is 0 Å². The first-order valence-electron chi connectivity index (χ1n) is 5.12. The van der Waals surface area contributed by atoms with Crippen LogP contribution >= 0.6 is 0 Å². The zero-order valence-corrected chi connectivity index (χ0v) is 9.41. The van der Waals surface area contributed by atoms with E-state index in [2.05, 4.69) is 0 Å². The largest absolute Gasteiger partial charge is 0.481 e. The number of nitrogens with two attached hydrogens (primary N) is 2. The number of aliphatic carboxylic acids is 1. The van der Waals surface area contributed by atoms with Gasteiger partial charge in [0.2, 0.25) is 0 Å². The third kappa shape index (κ3) is 3.55. The van der Waals surface area contributed by atoms with E-state index in [1.807, 2.05) is 0 Å². The van der Waals surface area contributed by atoms with E-state index in [4.69, 9.17) is 16.6 Å². The Bertz CT molecular complexity index is 260. The van der Waals surface area contributed by atoms with E-state index in [1.54, 1.807) is 0 Å². The highest BCUT2D eigenvalue weighted by atomic mass is 32.2. The molecule has 1 aliphatic heterocycles. The Hall–Kier alpha value is -0.460. The van der Waals surface area contributed by atoms with Crippen LogP contribution in [0.25, 0.3) is 0 Å². The van der Waals surface area contributed by atoms with Crippen LogP contribution in [0.2, 0.25) is 0 Å². The summed E-state index contributed by atoms with van der Waals surface area (Å²) in [6, 6.07) is -0.369. The molecule has 0 saturated carbocycles. The molecule has 0 aromatic carbocycles. The Morgan fingerprint density at radius 2 is 2.07 bits per heavy atom. The number of carboxylic acids is 1. The van der Waals surface area contributed by atoms with Crippen LogP contribution in [-0.4, -0.2) is 38.4 Å². The van der Waals surface area contributed by atoms with Crippen LogP contribution in [0, 0.1) is 0 Å². The molecule has 15 heavy (non-hydrogen) atoms. The van der Waals surface area contributed by atoms with Gasteiger partial charge in [-0.15, -0.1) is 0 Å². The highest BCUT2D eigenvalue weighted by molar-refractivity contribution is 7.86. The molecule has 4 atom stereocenters. The van der Waals surface area contributed by atoms with Crippen molar-refractivity contribution in [3.63, 3.8) is 0 Å². The van der Waals surface area contributed by atoms with E-state index in [0.717, 1.165) is 12.8 Å². The minimum absolute atomic E-state index is 0.0474. The van der Waals surface area contributed by atoms with Crippen LogP contribution in [0.5, 0.6) is 0 Å². The Morgan fingerprint density at radius 3 is 2.53 bits per heavy atom. The fourth-order valence-corrected chi connectivity index (χ4v) is 3.65. The summed E-state index contributed by atoms with van der Waals surface area (Å²) in [5.41, 5.74) is 11.5. The third-order valence-corrected chi connectivity index (χ3v) is 4.69. The minimum Gasteiger partial charge on any atom is -0.481 e. The number of carboxylic acid groups (broad SMARTS) is 1. The summed E-state index contributed by atoms with van der Waals surface area (Å²) in [6.07, 6.45) is 2.25. The predicted octanol–water partition coefficient (Wildman–Crippen LogP) is -0.583. The van der Waals surface area contributed by atoms with Gasteiger partial charge in [0, 0.05) is 35.1 Å². The van der Waals surface area contributed by atoms with Gasteiger partial charge in [-0.2, -0.15) is 0 Å². The number of unbranched alkanes of at least 4 members (excludes halogenated alkanes) is 1. The fourth-order valence-electron chi connectivity index (χ4n) is 1.82. The average molecular weight is 234 g/mol. The van der Waals surface area contributed by atoms with Crippen molar-refractivity contribution in [3.05, 3.63) is 0 Å². The van der Waals surface area contributed by atoms with Gasteiger partial charge in [-0.3, -0.25) is 9.00 Å². The molecule has 0 spiro atoms. The van der Waals surface area contributed by atoms with Gasteiger partial charge in [-0.25, -0.2) is 0 Å². The summed E-state index contributed by atoms with van der Waals surface area (Å²) in [5.74, 6) is -0.311. The van der Waals surface area contributed by atoms with Crippen molar-refractivity contribution in [2.24, 2.45) is 11.5 Å². The zero-order valence-electron chi connectivity index (χ0n) is 8.59. The quantitative estimate of drug-likeness (QED) is 0.552. The molecule has 5 N–H and O–H groups in total. The molecule has 0 aromatic heterocycles. The van der Waals surface area contributed by atoms with E-state index < -0.39 is 16.8 Å². The first-order valence-corrected chi connectivity index (χ1v) is 6.50. The lowest BCUT2D eigenvalue weighted by Gasteiger charge is -2.15. The Kier molecular flexibility index (Phi) is 4.69. The lowest BCUT2D eigenvalue weighted by atomic mass is 10.0. The van der Waals surface area contributed by atoms with Crippen LogP contribution in [0.1, 0.15) is 25.7 Å². The minimum atomic E-state index is -0.932. The van der Waals surface area contributed by atoms with Crippen LogP contribution < -0.4 is 11.5 Å². The molecule has 1 unspecified atom stereocenters. The zero-order chi connectivity index (χ0) is 11.4. The van der Waals surface area contributed by atoms with E-state index >= 15 is 0 Å². The van der Waals surface area contributed by atoms with Crippen molar-refractivity contribution in [2.75, 3.05) is 5.75 Å². The molecule has 0 aromatic rings. The fraction of sp³-hybridized carbons (Fsp3) is 0.889. The summed E-state index contributed by atoms with van der Waals surface area (Å²) in [7, 11) is -0.932. The maximum atomic E-state index is 11.6. The molecule has 0 bridgehead atoms. The Labute approximate surface area is 91.7 Å². The number of carbonyl (C=O) groups is 1. The highest BCUT2D eigenvalue weighted by Crippen LogP contribution is 2.20. The molecule has 1 heterocycles. The van der Waals surface area contributed by atoms with Gasteiger partial charge in [0.25, 0.3) is 0 Å². The van der Waals surface area contributed by atoms with Crippen molar-refractivity contribution in [1.29, 1.82) is 0 Å². The first-order chi connectivity index (χ1) is 7.02. The smallest absolute Gasteiger partial charge is 0.303 e. The van der Waals surface area contributed by atoms with Gasteiger partial charge < -0.3 is 16.6 Å². The lowest BCUT2D eigenvalue weighted by molar-refractivity contribution is -0.137. The van der Waals surface area contributed by atoms with Crippen LogP contribution in [0.4, 0.5) is 0 Å². The monoisotopic (exact) mass is 234 g/mol. The Morgan fingerprint density at radius 1 is 1.40 bits per heavy atom. The van der Waals surface area contributed by atoms with Crippen LogP contribution in [0.15, 0.2) is 0 Å². The summed E-state index contributed by atoms with van der Waals surface area (Å²) in [4.78, 5) is 10.3. The van der Waals surface area contributed by atoms with Gasteiger partial charge >= 0.3 is 5.97 Å². The molecule has 88 valence electrons. The third-order valence-electron chi connectivity index (χ3n) is 2.75. The predicted molar refractivity (Wildman–Crippen MR) is 58.9 cm³/mol. The first kappa shape index (κ1) is 12.6. The second-order valence-corrected chi connectivity index (χ2v) is 5.67. The topological polar surface area (TPSA) is 106 Å². The van der Waals surface area contributed by atoms with Gasteiger partial charge in [0.15, 0.2) is 0 Å². The molecule has 0 aliphatic carbocycles. The summed E-state index contributed by atoms with van der Waals surface area (Å²) in [6.45, 7) is 0. The molecule has 0 radical (unpaired) electrons. The number of hydrogen-bond donors (Lipinski definition) is 3. The van der Waals surface area contributed by atoms with Crippen molar-refractivity contribution < 1.29 is 14.1 Å². The van der Waals surface area contributed by atoms with Gasteiger partial charge in [-0.05, 0) is 12.8 Å². The van der Waals surface area contributed by atoms with Gasteiger partial charge in [0.05, 0.1) is 5.25 Å². The molecule has 1 aliphatic rings. The molecular weight excluding hydrogens is 216 g/mol. The molecule has 1 rings (SSSR count). The van der Waals surface area contributed by atoms with E-state index in [-0.39, 0.29) is 23.8 Å². The summed E-state index contributed by atoms with van der Waals surface area (Å²) < 4.78 is 11.6.